The summed E-state index contributed by atoms with van der Waals surface area (Å²) in [5.74, 6) is 0. The van der Waals surface area contributed by atoms with Gasteiger partial charge in [0.1, 0.15) is 0 Å². The van der Waals surface area contributed by atoms with E-state index < -0.39 is 0 Å². The maximum absolute atomic E-state index is 4.22. The third kappa shape index (κ3) is 2.68. The van der Waals surface area contributed by atoms with Crippen molar-refractivity contribution >= 4 is 11.4 Å². The number of aromatic nitrogens is 1. The fraction of sp³-hybridized carbons (Fsp3) is 0.267. The van der Waals surface area contributed by atoms with E-state index in [0.29, 0.717) is 0 Å². The molecule has 1 N–H and O–H groups in total. The summed E-state index contributed by atoms with van der Waals surface area (Å²) in [5, 5.41) is 3.19. The van der Waals surface area contributed by atoms with Gasteiger partial charge in [-0.1, -0.05) is 17.7 Å². The van der Waals surface area contributed by atoms with E-state index in [4.69, 9.17) is 0 Å². The Hall–Kier alpha value is -1.87. The lowest BCUT2D eigenvalue weighted by Crippen LogP contribution is -2.15. The fourth-order valence-corrected chi connectivity index (χ4v) is 1.96. The molecule has 0 radical (unpaired) electrons. The van der Waals surface area contributed by atoms with E-state index in [1.54, 1.807) is 0 Å². The summed E-state index contributed by atoms with van der Waals surface area (Å²) in [7, 11) is 4.02. The van der Waals surface area contributed by atoms with Crippen LogP contribution in [0.1, 0.15) is 11.1 Å². The third-order valence-corrected chi connectivity index (χ3v) is 3.04. The van der Waals surface area contributed by atoms with E-state index in [1.807, 2.05) is 19.4 Å². The van der Waals surface area contributed by atoms with Crippen molar-refractivity contribution < 1.29 is 0 Å². The molecule has 94 valence electrons. The van der Waals surface area contributed by atoms with Gasteiger partial charge < -0.3 is 10.2 Å². The zero-order valence-corrected chi connectivity index (χ0v) is 11.1. The minimum atomic E-state index is 0.841. The van der Waals surface area contributed by atoms with Crippen LogP contribution in [0.25, 0.3) is 0 Å². The van der Waals surface area contributed by atoms with Crippen LogP contribution in [0.15, 0.2) is 42.7 Å². The van der Waals surface area contributed by atoms with Crippen LogP contribution >= 0.6 is 0 Å². The highest BCUT2D eigenvalue weighted by molar-refractivity contribution is 5.64. The molecule has 0 amide bonds. The van der Waals surface area contributed by atoms with Gasteiger partial charge in [0.15, 0.2) is 0 Å². The molecule has 0 bridgehead atoms. The topological polar surface area (TPSA) is 28.2 Å². The summed E-state index contributed by atoms with van der Waals surface area (Å²) < 4.78 is 0. The molecule has 3 heteroatoms. The smallest absolute Gasteiger partial charge is 0.0640 e. The van der Waals surface area contributed by atoms with Crippen molar-refractivity contribution in [3.05, 3.63) is 53.9 Å². The molecule has 1 heterocycles. The quantitative estimate of drug-likeness (QED) is 0.892. The fourth-order valence-electron chi connectivity index (χ4n) is 1.96. The Balaban J connectivity index is 2.33. The maximum Gasteiger partial charge on any atom is 0.0640 e. The van der Waals surface area contributed by atoms with Crippen molar-refractivity contribution in [3.8, 4) is 0 Å². The number of nitrogens with zero attached hydrogens (tertiary/aromatic N) is 2. The van der Waals surface area contributed by atoms with Crippen molar-refractivity contribution in [1.29, 1.82) is 0 Å². The Kier molecular flexibility index (Phi) is 3.95. The van der Waals surface area contributed by atoms with Gasteiger partial charge in [-0.3, -0.25) is 4.98 Å². The second-order valence-electron chi connectivity index (χ2n) is 4.43. The zero-order valence-electron chi connectivity index (χ0n) is 11.1. The summed E-state index contributed by atoms with van der Waals surface area (Å²) in [6.45, 7) is 2.94. The van der Waals surface area contributed by atoms with Gasteiger partial charge in [0.05, 0.1) is 11.9 Å². The minimum absolute atomic E-state index is 0.841. The number of benzene rings is 1. The average Bonchev–Trinajstić information content (AvgIpc) is 2.40. The van der Waals surface area contributed by atoms with Crippen LogP contribution in [0.5, 0.6) is 0 Å². The van der Waals surface area contributed by atoms with Crippen LogP contribution in [-0.2, 0) is 6.54 Å². The van der Waals surface area contributed by atoms with E-state index in [9.17, 15) is 0 Å². The Morgan fingerprint density at radius 3 is 2.56 bits per heavy atom. The molecule has 0 unspecified atom stereocenters. The molecular weight excluding hydrogens is 222 g/mol. The average molecular weight is 241 g/mol. The Morgan fingerprint density at radius 2 is 1.89 bits per heavy atom. The van der Waals surface area contributed by atoms with E-state index in [0.717, 1.165) is 12.2 Å². The maximum atomic E-state index is 4.22. The van der Waals surface area contributed by atoms with Crippen LogP contribution in [0.2, 0.25) is 0 Å². The van der Waals surface area contributed by atoms with Gasteiger partial charge in [0.2, 0.25) is 0 Å². The first-order valence-electron chi connectivity index (χ1n) is 6.10. The molecular formula is C15H19N3. The summed E-state index contributed by atoms with van der Waals surface area (Å²) in [4.78, 5) is 6.39. The molecule has 0 aliphatic rings. The number of hydrogen-bond acceptors (Lipinski definition) is 3. The van der Waals surface area contributed by atoms with Crippen LogP contribution in [-0.4, -0.2) is 19.1 Å². The molecule has 2 aromatic rings. The molecule has 18 heavy (non-hydrogen) atoms. The number of hydrogen-bond donors (Lipinski definition) is 1. The lowest BCUT2D eigenvalue weighted by Gasteiger charge is -2.22. The molecule has 1 aromatic heterocycles. The molecule has 0 aliphatic heterocycles. The number of rotatable bonds is 4. The van der Waals surface area contributed by atoms with E-state index in [1.165, 1.54) is 16.8 Å². The highest BCUT2D eigenvalue weighted by Crippen LogP contribution is 2.26. The predicted octanol–water partition coefficient (Wildman–Crippen LogP) is 2.88. The van der Waals surface area contributed by atoms with Crippen molar-refractivity contribution in [1.82, 2.24) is 10.3 Å². The predicted molar refractivity (Wildman–Crippen MR) is 76.2 cm³/mol. The Morgan fingerprint density at radius 1 is 1.17 bits per heavy atom. The highest BCUT2D eigenvalue weighted by atomic mass is 15.1. The van der Waals surface area contributed by atoms with Crippen LogP contribution in [0.3, 0.4) is 0 Å². The molecule has 0 atom stereocenters. The van der Waals surface area contributed by atoms with Gasteiger partial charge in [-0.25, -0.2) is 0 Å². The highest BCUT2D eigenvalue weighted by Gasteiger charge is 2.08. The SMILES string of the molecule is CNCc1ccncc1N(C)c1ccc(C)cc1. The van der Waals surface area contributed by atoms with Crippen LogP contribution in [0, 0.1) is 6.92 Å². The van der Waals surface area contributed by atoms with Crippen LogP contribution in [0.4, 0.5) is 11.4 Å². The number of pyridine rings is 1. The molecule has 0 saturated heterocycles. The number of aryl methyl sites for hydroxylation is 1. The Bertz CT molecular complexity index is 505. The van der Waals surface area contributed by atoms with Crippen LogP contribution < -0.4 is 10.2 Å². The second-order valence-corrected chi connectivity index (χ2v) is 4.43. The van der Waals surface area contributed by atoms with E-state index in [-0.39, 0.29) is 0 Å². The van der Waals surface area contributed by atoms with Gasteiger partial charge in [-0.15, -0.1) is 0 Å². The standard InChI is InChI=1S/C15H19N3/c1-12-4-6-14(7-5-12)18(3)15-11-17-9-8-13(15)10-16-2/h4-9,11,16H,10H2,1-3H3. The molecule has 2 rings (SSSR count). The van der Waals surface area contributed by atoms with Gasteiger partial charge >= 0.3 is 0 Å². The molecule has 0 spiro atoms. The second kappa shape index (κ2) is 5.65. The molecule has 0 aliphatic carbocycles. The number of nitrogens with one attached hydrogen (secondary N) is 1. The first-order chi connectivity index (χ1) is 8.72. The van der Waals surface area contributed by atoms with Gasteiger partial charge in [0, 0.05) is 25.5 Å². The largest absolute Gasteiger partial charge is 0.343 e. The van der Waals surface area contributed by atoms with Crippen molar-refractivity contribution in [2.45, 2.75) is 13.5 Å². The van der Waals surface area contributed by atoms with Gasteiger partial charge in [-0.05, 0) is 37.7 Å². The first-order valence-corrected chi connectivity index (χ1v) is 6.10. The minimum Gasteiger partial charge on any atom is -0.343 e. The number of anilines is 2. The van der Waals surface area contributed by atoms with Gasteiger partial charge in [0.25, 0.3) is 0 Å². The molecule has 3 nitrogen and oxygen atoms in total. The lowest BCUT2D eigenvalue weighted by atomic mass is 10.1. The molecule has 0 saturated carbocycles. The monoisotopic (exact) mass is 241 g/mol. The van der Waals surface area contributed by atoms with Crippen molar-refractivity contribution in [2.24, 2.45) is 0 Å². The Labute approximate surface area is 108 Å². The normalized spacial score (nSPS) is 10.4. The first kappa shape index (κ1) is 12.6. The summed E-state index contributed by atoms with van der Waals surface area (Å²) >= 11 is 0. The summed E-state index contributed by atoms with van der Waals surface area (Å²) in [5.41, 5.74) is 4.83. The summed E-state index contributed by atoms with van der Waals surface area (Å²) in [6, 6.07) is 10.6. The van der Waals surface area contributed by atoms with Crippen molar-refractivity contribution in [2.75, 3.05) is 19.0 Å². The lowest BCUT2D eigenvalue weighted by molar-refractivity contribution is 0.814. The summed E-state index contributed by atoms with van der Waals surface area (Å²) in [6.07, 6.45) is 3.74. The van der Waals surface area contributed by atoms with E-state index >= 15 is 0 Å². The molecule has 1 aromatic carbocycles. The van der Waals surface area contributed by atoms with E-state index in [2.05, 4.69) is 59.5 Å². The molecule has 0 fully saturated rings. The third-order valence-electron chi connectivity index (χ3n) is 3.04. The zero-order chi connectivity index (χ0) is 13.0. The van der Waals surface area contributed by atoms with Crippen molar-refractivity contribution in [3.63, 3.8) is 0 Å². The van der Waals surface area contributed by atoms with Gasteiger partial charge in [-0.2, -0.15) is 0 Å².